The number of halogens is 2. The van der Waals surface area contributed by atoms with Crippen LogP contribution in [0, 0.1) is 35.3 Å². The zero-order valence-corrected chi connectivity index (χ0v) is 17.4. The summed E-state index contributed by atoms with van der Waals surface area (Å²) in [6.45, 7) is 4.10. The minimum absolute atomic E-state index is 0.136. The van der Waals surface area contributed by atoms with Gasteiger partial charge in [-0.15, -0.1) is 0 Å². The van der Waals surface area contributed by atoms with Crippen molar-refractivity contribution >= 4 is 11.9 Å². The van der Waals surface area contributed by atoms with E-state index < -0.39 is 23.0 Å². The predicted octanol–water partition coefficient (Wildman–Crippen LogP) is 4.83. The lowest BCUT2D eigenvalue weighted by Crippen LogP contribution is -2.39. The Kier molecular flexibility index (Phi) is 6.25. The molecule has 0 bridgehead atoms. The highest BCUT2D eigenvalue weighted by molar-refractivity contribution is 5.99. The number of rotatable bonds is 8. The maximum absolute atomic E-state index is 14.2. The van der Waals surface area contributed by atoms with Crippen molar-refractivity contribution in [3.05, 3.63) is 29.3 Å². The van der Waals surface area contributed by atoms with Gasteiger partial charge in [-0.3, -0.25) is 4.79 Å². The number of hydrogen-bond acceptors (Lipinski definition) is 4. The first kappa shape index (κ1) is 21.1. The molecule has 4 rings (SSSR count). The Morgan fingerprint density at radius 1 is 1.10 bits per heavy atom. The lowest BCUT2D eigenvalue weighted by molar-refractivity contribution is 0.0886. The van der Waals surface area contributed by atoms with Crippen LogP contribution in [0.4, 0.5) is 13.6 Å². The van der Waals surface area contributed by atoms with Crippen molar-refractivity contribution in [2.45, 2.75) is 45.4 Å². The van der Waals surface area contributed by atoms with Gasteiger partial charge in [-0.25, -0.2) is 13.6 Å². The van der Waals surface area contributed by atoms with Crippen molar-refractivity contribution in [3.63, 3.8) is 0 Å². The normalized spacial score (nSPS) is 23.9. The minimum atomic E-state index is -0.834. The van der Waals surface area contributed by atoms with Crippen LogP contribution in [0.3, 0.4) is 0 Å². The van der Waals surface area contributed by atoms with Crippen LogP contribution in [0.25, 0.3) is 0 Å². The second-order valence-electron chi connectivity index (χ2n) is 8.72. The van der Waals surface area contributed by atoms with Crippen LogP contribution >= 0.6 is 0 Å². The molecule has 2 saturated carbocycles. The highest BCUT2D eigenvalue weighted by Crippen LogP contribution is 2.49. The summed E-state index contributed by atoms with van der Waals surface area (Å²) in [5, 5.41) is 0. The molecular weight excluding hydrogens is 392 g/mol. The van der Waals surface area contributed by atoms with Gasteiger partial charge < -0.3 is 14.4 Å². The van der Waals surface area contributed by atoms with E-state index in [2.05, 4.69) is 0 Å². The van der Waals surface area contributed by atoms with Gasteiger partial charge in [0.1, 0.15) is 17.4 Å². The molecule has 0 aromatic heterocycles. The number of Topliss-reactive ketones (excluding diaryl/α,β-unsaturated/α-hetero) is 1. The van der Waals surface area contributed by atoms with Crippen molar-refractivity contribution in [1.82, 2.24) is 4.90 Å². The van der Waals surface area contributed by atoms with Crippen LogP contribution in [-0.2, 0) is 4.74 Å². The summed E-state index contributed by atoms with van der Waals surface area (Å²) in [5.74, 6) is -0.373. The number of nitrogens with zero attached hydrogens (tertiary/aromatic N) is 1. The van der Waals surface area contributed by atoms with Crippen molar-refractivity contribution in [2.75, 3.05) is 26.3 Å². The highest BCUT2D eigenvalue weighted by atomic mass is 19.1. The Morgan fingerprint density at radius 3 is 2.37 bits per heavy atom. The summed E-state index contributed by atoms with van der Waals surface area (Å²) in [6, 6.07) is 2.24. The van der Waals surface area contributed by atoms with E-state index >= 15 is 0 Å². The number of carbonyl (C=O) groups is 2. The Balaban J connectivity index is 1.20. The van der Waals surface area contributed by atoms with Gasteiger partial charge in [0.05, 0.1) is 18.8 Å². The molecule has 5 nitrogen and oxygen atoms in total. The molecule has 0 spiro atoms. The molecule has 1 aromatic rings. The zero-order chi connectivity index (χ0) is 21.3. The Morgan fingerprint density at radius 2 is 1.77 bits per heavy atom. The lowest BCUT2D eigenvalue weighted by Gasteiger charge is -2.31. The Bertz CT molecular complexity index is 779. The molecule has 3 fully saturated rings. The van der Waals surface area contributed by atoms with E-state index in [0.717, 1.165) is 50.9 Å². The van der Waals surface area contributed by atoms with Crippen LogP contribution in [0.5, 0.6) is 5.75 Å². The second-order valence-corrected chi connectivity index (χ2v) is 8.72. The van der Waals surface area contributed by atoms with E-state index in [-0.39, 0.29) is 17.8 Å². The third-order valence-electron chi connectivity index (χ3n) is 6.62. The van der Waals surface area contributed by atoms with Crippen molar-refractivity contribution < 1.29 is 27.8 Å². The standard InChI is InChI=1S/C23H29F2NO4/c1-2-29-23(28)26-8-5-14(6-9-26)18-11-16(18)7-10-30-17-12-19(24)21(20(25)13-17)22(27)15-3-4-15/h12-16,18H,2-11H2,1H3/t16-,18-/m1/s1. The smallest absolute Gasteiger partial charge is 0.409 e. The molecule has 0 radical (unpaired) electrons. The van der Waals surface area contributed by atoms with Gasteiger partial charge in [-0.2, -0.15) is 0 Å². The van der Waals surface area contributed by atoms with Crippen LogP contribution in [0.2, 0.25) is 0 Å². The molecule has 1 saturated heterocycles. The second kappa shape index (κ2) is 8.90. The molecule has 1 amide bonds. The summed E-state index contributed by atoms with van der Waals surface area (Å²) in [6.07, 6.45) is 5.17. The van der Waals surface area contributed by atoms with Crippen molar-refractivity contribution in [2.24, 2.45) is 23.7 Å². The molecule has 1 heterocycles. The average molecular weight is 421 g/mol. The quantitative estimate of drug-likeness (QED) is 0.564. The number of ether oxygens (including phenoxy) is 2. The lowest BCUT2D eigenvalue weighted by atomic mass is 9.91. The summed E-state index contributed by atoms with van der Waals surface area (Å²) >= 11 is 0. The van der Waals surface area contributed by atoms with E-state index in [9.17, 15) is 18.4 Å². The number of likely N-dealkylation sites (tertiary alicyclic amines) is 1. The summed E-state index contributed by atoms with van der Waals surface area (Å²) < 4.78 is 39.1. The molecule has 1 aliphatic heterocycles. The molecule has 3 aliphatic rings. The first-order valence-electron chi connectivity index (χ1n) is 11.1. The first-order chi connectivity index (χ1) is 14.5. The van der Waals surface area contributed by atoms with Gasteiger partial charge >= 0.3 is 6.09 Å². The van der Waals surface area contributed by atoms with Crippen LogP contribution in [-0.4, -0.2) is 43.1 Å². The summed E-state index contributed by atoms with van der Waals surface area (Å²) in [7, 11) is 0. The van der Waals surface area contributed by atoms with Crippen molar-refractivity contribution in [1.29, 1.82) is 0 Å². The third kappa shape index (κ3) is 4.76. The molecule has 2 atom stereocenters. The largest absolute Gasteiger partial charge is 0.493 e. The van der Waals surface area contributed by atoms with E-state index in [1.54, 1.807) is 4.90 Å². The van der Waals surface area contributed by atoms with E-state index in [4.69, 9.17) is 9.47 Å². The van der Waals surface area contributed by atoms with Crippen molar-refractivity contribution in [3.8, 4) is 5.75 Å². The number of amides is 1. The average Bonchev–Trinajstić information content (AvgIpc) is 3.62. The number of piperidine rings is 1. The third-order valence-corrected chi connectivity index (χ3v) is 6.62. The zero-order valence-electron chi connectivity index (χ0n) is 17.4. The van der Waals surface area contributed by atoms with Gasteiger partial charge in [-0.1, -0.05) is 0 Å². The van der Waals surface area contributed by atoms with E-state index in [1.165, 1.54) is 0 Å². The molecule has 1 aromatic carbocycles. The maximum Gasteiger partial charge on any atom is 0.409 e. The molecule has 2 aliphatic carbocycles. The van der Waals surface area contributed by atoms with Gasteiger partial charge in [0.2, 0.25) is 0 Å². The van der Waals surface area contributed by atoms with Gasteiger partial charge in [0, 0.05) is 31.1 Å². The maximum atomic E-state index is 14.2. The number of ketones is 1. The first-order valence-corrected chi connectivity index (χ1v) is 11.1. The SMILES string of the molecule is CCOC(=O)N1CCC([C@H]2C[C@H]2CCOc2cc(F)c(C(=O)C3CC3)c(F)c2)CC1. The molecule has 7 heteroatoms. The summed E-state index contributed by atoms with van der Waals surface area (Å²) in [5.41, 5.74) is -0.429. The van der Waals surface area contributed by atoms with Gasteiger partial charge in [-0.05, 0) is 63.2 Å². The number of hydrogen-bond donors (Lipinski definition) is 0. The van der Waals surface area contributed by atoms with Crippen LogP contribution in [0.15, 0.2) is 12.1 Å². The van der Waals surface area contributed by atoms with E-state index in [1.807, 2.05) is 6.92 Å². The molecule has 164 valence electrons. The fraction of sp³-hybridized carbons (Fsp3) is 0.652. The van der Waals surface area contributed by atoms with Crippen LogP contribution < -0.4 is 4.74 Å². The molecule has 0 unspecified atom stereocenters. The highest BCUT2D eigenvalue weighted by Gasteiger charge is 2.43. The number of benzene rings is 1. The van der Waals surface area contributed by atoms with Gasteiger partial charge in [0.15, 0.2) is 5.78 Å². The molecule has 0 N–H and O–H groups in total. The molecule has 30 heavy (non-hydrogen) atoms. The minimum Gasteiger partial charge on any atom is -0.493 e. The topological polar surface area (TPSA) is 55.8 Å². The Labute approximate surface area is 175 Å². The monoisotopic (exact) mass is 421 g/mol. The molecular formula is C23H29F2NO4. The predicted molar refractivity (Wildman–Crippen MR) is 106 cm³/mol. The fourth-order valence-corrected chi connectivity index (χ4v) is 4.65. The summed E-state index contributed by atoms with van der Waals surface area (Å²) in [4.78, 5) is 25.6. The van der Waals surface area contributed by atoms with Gasteiger partial charge in [0.25, 0.3) is 0 Å². The fourth-order valence-electron chi connectivity index (χ4n) is 4.65. The number of carbonyl (C=O) groups excluding carboxylic acids is 2. The van der Waals surface area contributed by atoms with E-state index in [0.29, 0.717) is 43.8 Å². The van der Waals surface area contributed by atoms with Crippen LogP contribution in [0.1, 0.15) is 55.8 Å². The Hall–Kier alpha value is -2.18.